The predicted molar refractivity (Wildman–Crippen MR) is 113 cm³/mol. The Morgan fingerprint density at radius 2 is 1.79 bits per heavy atom. The minimum absolute atomic E-state index is 0.141. The van der Waals surface area contributed by atoms with Crippen molar-refractivity contribution in [3.63, 3.8) is 0 Å². The minimum Gasteiger partial charge on any atom is -0.493 e. The van der Waals surface area contributed by atoms with Crippen molar-refractivity contribution in [1.82, 2.24) is 10.2 Å². The number of benzene rings is 2. The van der Waals surface area contributed by atoms with Crippen molar-refractivity contribution >= 4 is 23.4 Å². The molecule has 0 saturated carbocycles. The number of nitrogens with zero attached hydrogens (tertiary/aromatic N) is 2. The summed E-state index contributed by atoms with van der Waals surface area (Å²) in [5.74, 6) is 2.01. The highest BCUT2D eigenvalue weighted by Gasteiger charge is 2.14. The molecule has 0 aliphatic rings. The predicted octanol–water partition coefficient (Wildman–Crippen LogP) is 4.61. The van der Waals surface area contributed by atoms with Crippen LogP contribution in [0.5, 0.6) is 11.5 Å². The number of ether oxygens (including phenoxy) is 2. The molecule has 29 heavy (non-hydrogen) atoms. The Hall–Kier alpha value is -3.00. The summed E-state index contributed by atoms with van der Waals surface area (Å²) in [6.45, 7) is 4.26. The molecule has 0 aliphatic carbocycles. The lowest BCUT2D eigenvalue weighted by molar-refractivity contribution is -0.113. The van der Waals surface area contributed by atoms with Gasteiger partial charge in [0.05, 0.1) is 20.0 Å². The van der Waals surface area contributed by atoms with Crippen molar-refractivity contribution in [2.45, 2.75) is 25.0 Å². The van der Waals surface area contributed by atoms with Gasteiger partial charge in [0.15, 0.2) is 11.5 Å². The van der Waals surface area contributed by atoms with E-state index in [1.165, 1.54) is 17.3 Å². The number of methoxy groups -OCH3 is 2. The molecule has 3 rings (SSSR count). The molecule has 2 aromatic carbocycles. The summed E-state index contributed by atoms with van der Waals surface area (Å²) in [7, 11) is 3.13. The lowest BCUT2D eigenvalue weighted by Crippen LogP contribution is -2.14. The van der Waals surface area contributed by atoms with Crippen molar-refractivity contribution < 1.29 is 18.7 Å². The van der Waals surface area contributed by atoms with Crippen molar-refractivity contribution in [2.75, 3.05) is 25.3 Å². The maximum atomic E-state index is 12.2. The summed E-state index contributed by atoms with van der Waals surface area (Å²) in [6, 6.07) is 13.2. The molecule has 0 fully saturated rings. The van der Waals surface area contributed by atoms with Crippen LogP contribution >= 0.6 is 11.8 Å². The Labute approximate surface area is 173 Å². The van der Waals surface area contributed by atoms with Gasteiger partial charge in [0.1, 0.15) is 0 Å². The van der Waals surface area contributed by atoms with Crippen LogP contribution in [0.2, 0.25) is 0 Å². The van der Waals surface area contributed by atoms with Gasteiger partial charge in [-0.1, -0.05) is 37.7 Å². The van der Waals surface area contributed by atoms with Gasteiger partial charge in [-0.05, 0) is 41.8 Å². The van der Waals surface area contributed by atoms with Crippen LogP contribution in [0, 0.1) is 0 Å². The monoisotopic (exact) mass is 413 g/mol. The van der Waals surface area contributed by atoms with Crippen LogP contribution < -0.4 is 14.8 Å². The smallest absolute Gasteiger partial charge is 0.277 e. The molecule has 1 amide bonds. The van der Waals surface area contributed by atoms with Gasteiger partial charge < -0.3 is 19.2 Å². The molecular weight excluding hydrogens is 390 g/mol. The fraction of sp³-hybridized carbons (Fsp3) is 0.286. The van der Waals surface area contributed by atoms with Crippen LogP contribution in [0.15, 0.2) is 52.1 Å². The first kappa shape index (κ1) is 20.7. The third-order valence-electron chi connectivity index (χ3n) is 4.22. The molecule has 1 heterocycles. The van der Waals surface area contributed by atoms with Crippen LogP contribution in [0.4, 0.5) is 5.69 Å². The van der Waals surface area contributed by atoms with Gasteiger partial charge in [-0.3, -0.25) is 4.79 Å². The molecule has 0 saturated heterocycles. The van der Waals surface area contributed by atoms with E-state index in [2.05, 4.69) is 29.4 Å². The number of nitrogens with one attached hydrogen (secondary N) is 1. The van der Waals surface area contributed by atoms with E-state index in [-0.39, 0.29) is 11.7 Å². The second-order valence-electron chi connectivity index (χ2n) is 6.56. The van der Waals surface area contributed by atoms with Crippen molar-refractivity contribution in [3.8, 4) is 23.0 Å². The number of hydrogen-bond acceptors (Lipinski definition) is 7. The second-order valence-corrected chi connectivity index (χ2v) is 7.48. The quantitative estimate of drug-likeness (QED) is 0.540. The maximum Gasteiger partial charge on any atom is 0.277 e. The molecule has 7 nitrogen and oxygen atoms in total. The van der Waals surface area contributed by atoms with Gasteiger partial charge in [-0.15, -0.1) is 10.2 Å². The van der Waals surface area contributed by atoms with Gasteiger partial charge in [-0.25, -0.2) is 0 Å². The number of carbonyl (C=O) groups is 1. The molecule has 0 radical (unpaired) electrons. The van der Waals surface area contributed by atoms with Crippen molar-refractivity contribution in [3.05, 3.63) is 48.0 Å². The first-order valence-corrected chi connectivity index (χ1v) is 10.1. The van der Waals surface area contributed by atoms with Gasteiger partial charge in [-0.2, -0.15) is 0 Å². The molecule has 3 aromatic rings. The van der Waals surface area contributed by atoms with Crippen molar-refractivity contribution in [2.24, 2.45) is 0 Å². The van der Waals surface area contributed by atoms with E-state index < -0.39 is 0 Å². The zero-order chi connectivity index (χ0) is 20.8. The topological polar surface area (TPSA) is 86.5 Å². The third kappa shape index (κ3) is 5.29. The number of aromatic nitrogens is 2. The van der Waals surface area contributed by atoms with Gasteiger partial charge in [0, 0.05) is 11.3 Å². The summed E-state index contributed by atoms with van der Waals surface area (Å²) < 4.78 is 16.2. The molecule has 8 heteroatoms. The van der Waals surface area contributed by atoms with Crippen molar-refractivity contribution in [1.29, 1.82) is 0 Å². The number of amides is 1. The largest absolute Gasteiger partial charge is 0.493 e. The number of anilines is 1. The van der Waals surface area contributed by atoms with Crippen LogP contribution in [0.25, 0.3) is 11.5 Å². The van der Waals surface area contributed by atoms with Gasteiger partial charge in [0.2, 0.25) is 11.8 Å². The SMILES string of the molecule is COc1ccc(-c2nnc(SCC(=O)Nc3ccc(C(C)C)cc3)o2)cc1OC. The number of hydrogen-bond donors (Lipinski definition) is 1. The average Bonchev–Trinajstić information content (AvgIpc) is 3.21. The third-order valence-corrected chi connectivity index (χ3v) is 5.04. The molecule has 0 atom stereocenters. The lowest BCUT2D eigenvalue weighted by atomic mass is 10.0. The summed E-state index contributed by atoms with van der Waals surface area (Å²) in [4.78, 5) is 12.2. The van der Waals surface area contributed by atoms with E-state index in [0.717, 1.165) is 5.69 Å². The summed E-state index contributed by atoms with van der Waals surface area (Å²) in [6.07, 6.45) is 0. The Morgan fingerprint density at radius 3 is 2.45 bits per heavy atom. The molecule has 0 bridgehead atoms. The van der Waals surface area contributed by atoms with Crippen LogP contribution in [0.1, 0.15) is 25.3 Å². The standard InChI is InChI=1S/C21H23N3O4S/c1-13(2)14-5-8-16(9-6-14)22-19(25)12-29-21-24-23-20(28-21)15-7-10-17(26-3)18(11-15)27-4/h5-11,13H,12H2,1-4H3,(H,22,25). The van der Waals surface area contributed by atoms with E-state index in [9.17, 15) is 4.79 Å². The van der Waals surface area contributed by atoms with Crippen LogP contribution in [-0.4, -0.2) is 36.1 Å². The highest BCUT2D eigenvalue weighted by atomic mass is 32.2. The summed E-state index contributed by atoms with van der Waals surface area (Å²) >= 11 is 1.18. The van der Waals surface area contributed by atoms with Crippen LogP contribution in [0.3, 0.4) is 0 Å². The zero-order valence-corrected chi connectivity index (χ0v) is 17.6. The highest BCUT2D eigenvalue weighted by molar-refractivity contribution is 7.99. The first-order valence-electron chi connectivity index (χ1n) is 9.08. The Morgan fingerprint density at radius 1 is 1.07 bits per heavy atom. The number of carbonyl (C=O) groups excluding carboxylic acids is 1. The van der Waals surface area contributed by atoms with Crippen LogP contribution in [-0.2, 0) is 4.79 Å². The molecule has 1 aromatic heterocycles. The first-order chi connectivity index (χ1) is 14.0. The Bertz CT molecular complexity index is 970. The van der Waals surface area contributed by atoms with Gasteiger partial charge >= 0.3 is 0 Å². The molecule has 1 N–H and O–H groups in total. The van der Waals surface area contributed by atoms with Gasteiger partial charge in [0.25, 0.3) is 5.22 Å². The van der Waals surface area contributed by atoms with E-state index >= 15 is 0 Å². The maximum absolute atomic E-state index is 12.2. The molecule has 0 spiro atoms. The number of rotatable bonds is 8. The molecule has 0 unspecified atom stereocenters. The van der Waals surface area contributed by atoms with E-state index in [1.807, 2.05) is 24.3 Å². The van der Waals surface area contributed by atoms with E-state index in [1.54, 1.807) is 32.4 Å². The summed E-state index contributed by atoms with van der Waals surface area (Å²) in [5.41, 5.74) is 2.69. The Kier molecular flexibility index (Phi) is 6.77. The fourth-order valence-electron chi connectivity index (χ4n) is 2.63. The normalized spacial score (nSPS) is 10.8. The highest BCUT2D eigenvalue weighted by Crippen LogP contribution is 2.32. The molecular formula is C21H23N3O4S. The van der Waals surface area contributed by atoms with E-state index in [0.29, 0.717) is 34.1 Å². The average molecular weight is 413 g/mol. The second kappa shape index (κ2) is 9.47. The molecule has 0 aliphatic heterocycles. The minimum atomic E-state index is -0.141. The Balaban J connectivity index is 1.58. The number of thioether (sulfide) groups is 1. The summed E-state index contributed by atoms with van der Waals surface area (Å²) in [5, 5.41) is 11.2. The fourth-order valence-corrected chi connectivity index (χ4v) is 3.19. The van der Waals surface area contributed by atoms with E-state index in [4.69, 9.17) is 13.9 Å². The zero-order valence-electron chi connectivity index (χ0n) is 16.8. The molecule has 152 valence electrons. The lowest BCUT2D eigenvalue weighted by Gasteiger charge is -2.08.